The van der Waals surface area contributed by atoms with E-state index in [4.69, 9.17) is 0 Å². The lowest BCUT2D eigenvalue weighted by molar-refractivity contribution is 0.133. The molecule has 0 aromatic carbocycles. The van der Waals surface area contributed by atoms with Crippen LogP contribution in [0.1, 0.15) is 38.5 Å². The third-order valence-electron chi connectivity index (χ3n) is 4.09. The average Bonchev–Trinajstić information content (AvgIpc) is 2.73. The topological polar surface area (TPSA) is 15.3 Å². The third kappa shape index (κ3) is 3.38. The van der Waals surface area contributed by atoms with Crippen LogP contribution in [0.15, 0.2) is 0 Å². The maximum Gasteiger partial charge on any atom is 0.0309 e. The van der Waals surface area contributed by atoms with E-state index < -0.39 is 0 Å². The number of piperazine rings is 1. The van der Waals surface area contributed by atoms with Crippen LogP contribution in [0.5, 0.6) is 0 Å². The lowest BCUT2D eigenvalue weighted by atomic mass is 9.94. The van der Waals surface area contributed by atoms with Crippen LogP contribution in [0.4, 0.5) is 0 Å². The van der Waals surface area contributed by atoms with Gasteiger partial charge in [0.1, 0.15) is 0 Å². The zero-order valence-electron chi connectivity index (χ0n) is 10.6. The molecule has 0 atom stereocenters. The Kier molecular flexibility index (Phi) is 4.98. The fourth-order valence-corrected chi connectivity index (χ4v) is 3.69. The van der Waals surface area contributed by atoms with Crippen molar-refractivity contribution in [3.8, 4) is 0 Å². The van der Waals surface area contributed by atoms with Gasteiger partial charge >= 0.3 is 0 Å². The van der Waals surface area contributed by atoms with Crippen molar-refractivity contribution in [1.82, 2.24) is 10.2 Å². The maximum absolute atomic E-state index is 3.78. The molecule has 0 radical (unpaired) electrons. The standard InChI is InChI=1S/C13H26N2S/c1-16-11-5-4-9-15-10-8-14-13(12-15)6-2-3-7-13/h14H,2-12H2,1H3. The second-order valence-corrected chi connectivity index (χ2v) is 6.38. The molecule has 1 saturated heterocycles. The fourth-order valence-electron chi connectivity index (χ4n) is 3.20. The molecule has 94 valence electrons. The van der Waals surface area contributed by atoms with Gasteiger partial charge in [-0.3, -0.25) is 0 Å². The highest BCUT2D eigenvalue weighted by Gasteiger charge is 2.37. The molecule has 2 aliphatic rings. The van der Waals surface area contributed by atoms with Crippen LogP contribution in [0.2, 0.25) is 0 Å². The number of thioether (sulfide) groups is 1. The number of rotatable bonds is 5. The zero-order chi connectivity index (χ0) is 11.3. The SMILES string of the molecule is CSCCCCN1CCNC2(CCCC2)C1. The molecule has 2 rings (SSSR count). The number of nitrogens with zero attached hydrogens (tertiary/aromatic N) is 1. The van der Waals surface area contributed by atoms with E-state index in [0.717, 1.165) is 0 Å². The minimum Gasteiger partial charge on any atom is -0.309 e. The largest absolute Gasteiger partial charge is 0.309 e. The number of hydrogen-bond donors (Lipinski definition) is 1. The van der Waals surface area contributed by atoms with Crippen LogP contribution in [0.3, 0.4) is 0 Å². The van der Waals surface area contributed by atoms with Crippen LogP contribution in [0, 0.1) is 0 Å². The first-order valence-corrected chi connectivity index (χ1v) is 8.20. The van der Waals surface area contributed by atoms with Crippen molar-refractivity contribution in [2.75, 3.05) is 38.2 Å². The quantitative estimate of drug-likeness (QED) is 0.745. The van der Waals surface area contributed by atoms with Crippen LogP contribution in [0.25, 0.3) is 0 Å². The highest BCUT2D eigenvalue weighted by atomic mass is 32.2. The lowest BCUT2D eigenvalue weighted by Crippen LogP contribution is -2.59. The molecule has 0 aromatic rings. The summed E-state index contributed by atoms with van der Waals surface area (Å²) in [5.74, 6) is 1.33. The van der Waals surface area contributed by atoms with E-state index in [9.17, 15) is 0 Å². The molecule has 1 N–H and O–H groups in total. The van der Waals surface area contributed by atoms with E-state index in [1.54, 1.807) is 0 Å². The summed E-state index contributed by atoms with van der Waals surface area (Å²) in [6.07, 6.45) is 10.7. The Hall–Kier alpha value is 0.270. The van der Waals surface area contributed by atoms with E-state index in [0.29, 0.717) is 5.54 Å². The summed E-state index contributed by atoms with van der Waals surface area (Å²) < 4.78 is 0. The number of hydrogen-bond acceptors (Lipinski definition) is 3. The summed E-state index contributed by atoms with van der Waals surface area (Å²) in [5, 5.41) is 3.78. The van der Waals surface area contributed by atoms with Gasteiger partial charge in [-0.1, -0.05) is 12.8 Å². The van der Waals surface area contributed by atoms with E-state index >= 15 is 0 Å². The molecule has 3 heteroatoms. The summed E-state index contributed by atoms with van der Waals surface area (Å²) in [4.78, 5) is 2.70. The molecule has 0 unspecified atom stereocenters. The molecule has 0 bridgehead atoms. The molecule has 1 heterocycles. The van der Waals surface area contributed by atoms with E-state index in [1.165, 1.54) is 70.5 Å². The third-order valence-corrected chi connectivity index (χ3v) is 4.78. The molecule has 16 heavy (non-hydrogen) atoms. The van der Waals surface area contributed by atoms with Crippen LogP contribution >= 0.6 is 11.8 Å². The number of nitrogens with one attached hydrogen (secondary N) is 1. The first kappa shape index (κ1) is 12.7. The first-order chi connectivity index (χ1) is 7.85. The molecule has 0 amide bonds. The van der Waals surface area contributed by atoms with Crippen LogP contribution in [-0.2, 0) is 0 Å². The van der Waals surface area contributed by atoms with Gasteiger partial charge in [-0.15, -0.1) is 0 Å². The number of unbranched alkanes of at least 4 members (excludes halogenated alkanes) is 1. The smallest absolute Gasteiger partial charge is 0.0309 e. The Morgan fingerprint density at radius 3 is 2.81 bits per heavy atom. The molecule has 1 saturated carbocycles. The van der Waals surface area contributed by atoms with Crippen molar-refractivity contribution >= 4 is 11.8 Å². The molecular weight excluding hydrogens is 216 g/mol. The van der Waals surface area contributed by atoms with Crippen molar-refractivity contribution in [3.05, 3.63) is 0 Å². The summed E-state index contributed by atoms with van der Waals surface area (Å²) in [6.45, 7) is 5.11. The second-order valence-electron chi connectivity index (χ2n) is 5.39. The first-order valence-electron chi connectivity index (χ1n) is 6.81. The molecule has 1 aliphatic carbocycles. The van der Waals surface area contributed by atoms with Gasteiger partial charge in [-0.25, -0.2) is 0 Å². The molecule has 2 fully saturated rings. The molecule has 2 nitrogen and oxygen atoms in total. The van der Waals surface area contributed by atoms with Gasteiger partial charge in [-0.2, -0.15) is 11.8 Å². The highest BCUT2D eigenvalue weighted by Crippen LogP contribution is 2.31. The zero-order valence-corrected chi connectivity index (χ0v) is 11.5. The monoisotopic (exact) mass is 242 g/mol. The van der Waals surface area contributed by atoms with Crippen LogP contribution < -0.4 is 5.32 Å². The van der Waals surface area contributed by atoms with Crippen molar-refractivity contribution in [1.29, 1.82) is 0 Å². The van der Waals surface area contributed by atoms with Crippen molar-refractivity contribution in [2.45, 2.75) is 44.1 Å². The van der Waals surface area contributed by atoms with Crippen molar-refractivity contribution in [2.24, 2.45) is 0 Å². The normalized spacial score (nSPS) is 25.3. The Balaban J connectivity index is 1.70. The molecule has 0 aromatic heterocycles. The average molecular weight is 242 g/mol. The fraction of sp³-hybridized carbons (Fsp3) is 1.00. The minimum atomic E-state index is 0.512. The summed E-state index contributed by atoms with van der Waals surface area (Å²) in [5.41, 5.74) is 0.512. The minimum absolute atomic E-state index is 0.512. The predicted octanol–water partition coefficient (Wildman–Crippen LogP) is 2.35. The molecular formula is C13H26N2S. The highest BCUT2D eigenvalue weighted by molar-refractivity contribution is 7.98. The Labute approximate surface area is 105 Å². The van der Waals surface area contributed by atoms with Gasteiger partial charge in [0.25, 0.3) is 0 Å². The molecule has 1 spiro atoms. The summed E-state index contributed by atoms with van der Waals surface area (Å²) >= 11 is 1.98. The van der Waals surface area contributed by atoms with E-state index in [1.807, 2.05) is 11.8 Å². The van der Waals surface area contributed by atoms with Gasteiger partial charge < -0.3 is 10.2 Å². The van der Waals surface area contributed by atoms with Gasteiger partial charge in [-0.05, 0) is 44.2 Å². The van der Waals surface area contributed by atoms with Gasteiger partial charge in [0, 0.05) is 25.2 Å². The van der Waals surface area contributed by atoms with Crippen molar-refractivity contribution < 1.29 is 0 Å². The lowest BCUT2D eigenvalue weighted by Gasteiger charge is -2.41. The Morgan fingerprint density at radius 1 is 1.25 bits per heavy atom. The summed E-state index contributed by atoms with van der Waals surface area (Å²) in [6, 6.07) is 0. The van der Waals surface area contributed by atoms with E-state index in [2.05, 4.69) is 16.5 Å². The van der Waals surface area contributed by atoms with Crippen LogP contribution in [-0.4, -0.2) is 48.6 Å². The van der Waals surface area contributed by atoms with Gasteiger partial charge in [0.15, 0.2) is 0 Å². The van der Waals surface area contributed by atoms with Crippen molar-refractivity contribution in [3.63, 3.8) is 0 Å². The Morgan fingerprint density at radius 2 is 2.06 bits per heavy atom. The van der Waals surface area contributed by atoms with Gasteiger partial charge in [0.2, 0.25) is 0 Å². The summed E-state index contributed by atoms with van der Waals surface area (Å²) in [7, 11) is 0. The van der Waals surface area contributed by atoms with Gasteiger partial charge in [0.05, 0.1) is 0 Å². The maximum atomic E-state index is 3.78. The van der Waals surface area contributed by atoms with E-state index in [-0.39, 0.29) is 0 Å². The predicted molar refractivity (Wildman–Crippen MR) is 73.3 cm³/mol. The second kappa shape index (κ2) is 6.27. The Bertz CT molecular complexity index is 202. The molecule has 1 aliphatic heterocycles.